The van der Waals surface area contributed by atoms with E-state index in [1.807, 2.05) is 18.4 Å². The lowest BCUT2D eigenvalue weighted by Crippen LogP contribution is -2.10. The first-order valence-electron chi connectivity index (χ1n) is 7.07. The fourth-order valence-electron chi connectivity index (χ4n) is 2.12. The number of nitrogens with two attached hydrogens (primary N) is 1. The van der Waals surface area contributed by atoms with Crippen LogP contribution >= 0.6 is 11.8 Å². The van der Waals surface area contributed by atoms with Crippen molar-refractivity contribution in [1.29, 1.82) is 0 Å². The fourth-order valence-corrected chi connectivity index (χ4v) is 3.23. The van der Waals surface area contributed by atoms with Gasteiger partial charge in [-0.05, 0) is 36.6 Å². The molecule has 0 aliphatic rings. The monoisotopic (exact) mass is 368 g/mol. The van der Waals surface area contributed by atoms with Crippen molar-refractivity contribution in [2.45, 2.75) is 11.4 Å². The Kier molecular flexibility index (Phi) is 5.98. The highest BCUT2D eigenvalue weighted by Crippen LogP contribution is 2.34. The number of methoxy groups -OCH3 is 1. The summed E-state index contributed by atoms with van der Waals surface area (Å²) in [6.07, 6.45) is 3.07. The molecule has 2 aromatic rings. The summed E-state index contributed by atoms with van der Waals surface area (Å²) < 4.78 is 36.3. The number of benzene rings is 2. The van der Waals surface area contributed by atoms with Gasteiger partial charge in [-0.15, -0.1) is 11.8 Å². The molecule has 6 nitrogen and oxygen atoms in total. The maximum absolute atomic E-state index is 11.3. The lowest BCUT2D eigenvalue weighted by Gasteiger charge is -2.14. The second kappa shape index (κ2) is 7.78. The zero-order valence-corrected chi connectivity index (χ0v) is 15.3. The minimum Gasteiger partial charge on any atom is -0.495 e. The van der Waals surface area contributed by atoms with Crippen molar-refractivity contribution in [1.82, 2.24) is 0 Å². The van der Waals surface area contributed by atoms with Gasteiger partial charge in [0.25, 0.3) is 0 Å². The second-order valence-electron chi connectivity index (χ2n) is 5.02. The quantitative estimate of drug-likeness (QED) is 0.730. The maximum atomic E-state index is 11.3. The molecule has 130 valence electrons. The molecule has 0 saturated heterocycles. The standard InChI is InChI=1S/C16H20N2O4S2/c1-21-15-9-13(5-7-16(15)23-2)22-14-6-4-12(8-11(14)10-17)18-24(3,19)20/h4-9,18H,10,17H2,1-3H3. The van der Waals surface area contributed by atoms with Crippen LogP contribution in [0.15, 0.2) is 41.3 Å². The van der Waals surface area contributed by atoms with Gasteiger partial charge < -0.3 is 15.2 Å². The van der Waals surface area contributed by atoms with Crippen molar-refractivity contribution in [3.8, 4) is 17.2 Å². The molecular weight excluding hydrogens is 348 g/mol. The number of anilines is 1. The second-order valence-corrected chi connectivity index (χ2v) is 7.62. The van der Waals surface area contributed by atoms with E-state index in [0.29, 0.717) is 22.7 Å². The van der Waals surface area contributed by atoms with E-state index in [1.165, 1.54) is 0 Å². The Morgan fingerprint density at radius 2 is 1.92 bits per heavy atom. The summed E-state index contributed by atoms with van der Waals surface area (Å²) in [6.45, 7) is 0.217. The summed E-state index contributed by atoms with van der Waals surface area (Å²) in [7, 11) is -1.73. The number of hydrogen-bond donors (Lipinski definition) is 2. The van der Waals surface area contributed by atoms with Crippen molar-refractivity contribution in [3.05, 3.63) is 42.0 Å². The molecule has 0 saturated carbocycles. The zero-order chi connectivity index (χ0) is 17.7. The SMILES string of the molecule is COc1cc(Oc2ccc(NS(C)(=O)=O)cc2CN)ccc1SC. The third-order valence-electron chi connectivity index (χ3n) is 3.17. The van der Waals surface area contributed by atoms with Crippen LogP contribution < -0.4 is 19.9 Å². The van der Waals surface area contributed by atoms with Crippen molar-refractivity contribution in [3.63, 3.8) is 0 Å². The summed E-state index contributed by atoms with van der Waals surface area (Å²) in [4.78, 5) is 1.01. The van der Waals surface area contributed by atoms with Gasteiger partial charge in [0, 0.05) is 28.8 Å². The predicted octanol–water partition coefficient (Wildman–Crippen LogP) is 3.04. The van der Waals surface area contributed by atoms with E-state index in [0.717, 1.165) is 16.9 Å². The molecule has 0 heterocycles. The van der Waals surface area contributed by atoms with Gasteiger partial charge in [0.05, 0.1) is 13.4 Å². The van der Waals surface area contributed by atoms with Crippen molar-refractivity contribution in [2.24, 2.45) is 5.73 Å². The molecule has 0 amide bonds. The molecule has 0 atom stereocenters. The molecule has 0 aliphatic heterocycles. The molecule has 2 aromatic carbocycles. The third-order valence-corrected chi connectivity index (χ3v) is 4.55. The molecule has 0 aromatic heterocycles. The topological polar surface area (TPSA) is 90.6 Å². The van der Waals surface area contributed by atoms with Crippen LogP contribution in [0.4, 0.5) is 5.69 Å². The van der Waals surface area contributed by atoms with E-state index in [9.17, 15) is 8.42 Å². The molecule has 0 bridgehead atoms. The molecule has 2 rings (SSSR count). The number of rotatable bonds is 7. The van der Waals surface area contributed by atoms with E-state index in [1.54, 1.807) is 43.1 Å². The number of sulfonamides is 1. The first kappa shape index (κ1) is 18.4. The largest absolute Gasteiger partial charge is 0.495 e. The minimum atomic E-state index is -3.34. The summed E-state index contributed by atoms with van der Waals surface area (Å²) in [5.74, 6) is 1.91. The average Bonchev–Trinajstić information content (AvgIpc) is 2.54. The summed E-state index contributed by atoms with van der Waals surface area (Å²) in [6, 6.07) is 10.5. The van der Waals surface area contributed by atoms with E-state index in [2.05, 4.69) is 4.72 Å². The van der Waals surface area contributed by atoms with Gasteiger partial charge in [-0.25, -0.2) is 8.42 Å². The summed E-state index contributed by atoms with van der Waals surface area (Å²) in [5, 5.41) is 0. The average molecular weight is 368 g/mol. The third kappa shape index (κ3) is 4.80. The Morgan fingerprint density at radius 3 is 2.50 bits per heavy atom. The first-order valence-corrected chi connectivity index (χ1v) is 10.2. The van der Waals surface area contributed by atoms with Crippen molar-refractivity contribution in [2.75, 3.05) is 24.3 Å². The van der Waals surface area contributed by atoms with Gasteiger partial charge in [-0.1, -0.05) is 0 Å². The predicted molar refractivity (Wildman–Crippen MR) is 97.6 cm³/mol. The molecule has 0 fully saturated rings. The Hall–Kier alpha value is -1.90. The van der Waals surface area contributed by atoms with Crippen LogP contribution in [0.25, 0.3) is 0 Å². The Morgan fingerprint density at radius 1 is 1.17 bits per heavy atom. The van der Waals surface area contributed by atoms with Gasteiger partial charge in [0.2, 0.25) is 10.0 Å². The van der Waals surface area contributed by atoms with Crippen LogP contribution in [0.5, 0.6) is 17.2 Å². The molecule has 0 radical (unpaired) electrons. The Balaban J connectivity index is 2.29. The fraction of sp³-hybridized carbons (Fsp3) is 0.250. The summed E-state index contributed by atoms with van der Waals surface area (Å²) >= 11 is 1.58. The smallest absolute Gasteiger partial charge is 0.229 e. The van der Waals surface area contributed by atoms with Gasteiger partial charge in [-0.3, -0.25) is 4.72 Å². The lowest BCUT2D eigenvalue weighted by molar-refractivity contribution is 0.399. The number of ether oxygens (including phenoxy) is 2. The molecule has 8 heteroatoms. The number of hydrogen-bond acceptors (Lipinski definition) is 6. The van der Waals surface area contributed by atoms with E-state index >= 15 is 0 Å². The van der Waals surface area contributed by atoms with Crippen LogP contribution in [0.1, 0.15) is 5.56 Å². The van der Waals surface area contributed by atoms with Gasteiger partial charge in [-0.2, -0.15) is 0 Å². The molecule has 0 spiro atoms. The van der Waals surface area contributed by atoms with Crippen LogP contribution in [0.2, 0.25) is 0 Å². The van der Waals surface area contributed by atoms with Gasteiger partial charge >= 0.3 is 0 Å². The molecular formula is C16H20N2O4S2. The Bertz CT molecular complexity index is 823. The van der Waals surface area contributed by atoms with Crippen molar-refractivity contribution < 1.29 is 17.9 Å². The van der Waals surface area contributed by atoms with E-state index in [-0.39, 0.29) is 6.54 Å². The highest BCUT2D eigenvalue weighted by atomic mass is 32.2. The van der Waals surface area contributed by atoms with Crippen LogP contribution in [0, 0.1) is 0 Å². The molecule has 24 heavy (non-hydrogen) atoms. The van der Waals surface area contributed by atoms with Crippen LogP contribution in [0.3, 0.4) is 0 Å². The first-order chi connectivity index (χ1) is 11.4. The number of nitrogens with one attached hydrogen (secondary N) is 1. The van der Waals surface area contributed by atoms with Gasteiger partial charge in [0.15, 0.2) is 0 Å². The lowest BCUT2D eigenvalue weighted by atomic mass is 10.2. The zero-order valence-electron chi connectivity index (χ0n) is 13.7. The van der Waals surface area contributed by atoms with Gasteiger partial charge in [0.1, 0.15) is 17.2 Å². The maximum Gasteiger partial charge on any atom is 0.229 e. The normalized spacial score (nSPS) is 11.2. The highest BCUT2D eigenvalue weighted by molar-refractivity contribution is 7.98. The summed E-state index contributed by atoms with van der Waals surface area (Å²) in [5.41, 5.74) is 6.89. The number of thioether (sulfide) groups is 1. The minimum absolute atomic E-state index is 0.217. The van der Waals surface area contributed by atoms with Crippen LogP contribution in [-0.2, 0) is 16.6 Å². The molecule has 0 aliphatic carbocycles. The van der Waals surface area contributed by atoms with Crippen molar-refractivity contribution >= 4 is 27.5 Å². The molecule has 3 N–H and O–H groups in total. The Labute approximate surface area is 146 Å². The molecule has 0 unspecified atom stereocenters. The van der Waals surface area contributed by atoms with E-state index < -0.39 is 10.0 Å². The van der Waals surface area contributed by atoms with Crippen LogP contribution in [-0.4, -0.2) is 28.0 Å². The van der Waals surface area contributed by atoms with E-state index in [4.69, 9.17) is 15.2 Å². The highest BCUT2D eigenvalue weighted by Gasteiger charge is 2.10.